The maximum absolute atomic E-state index is 12.4. The van der Waals surface area contributed by atoms with E-state index in [-0.39, 0.29) is 17.9 Å². The Labute approximate surface area is 143 Å². The molecule has 122 valence electrons. The lowest BCUT2D eigenvalue weighted by molar-refractivity contribution is -0.115. The molecule has 0 unspecified atom stereocenters. The van der Waals surface area contributed by atoms with Crippen molar-refractivity contribution >= 4 is 23.2 Å². The topological polar surface area (TPSA) is 66.9 Å². The van der Waals surface area contributed by atoms with Crippen molar-refractivity contribution in [2.75, 3.05) is 5.32 Å². The second-order valence-electron chi connectivity index (χ2n) is 5.41. The van der Waals surface area contributed by atoms with Crippen LogP contribution in [0.25, 0.3) is 5.69 Å². The molecular formula is C18H16ClN3O2. The van der Waals surface area contributed by atoms with Gasteiger partial charge in [-0.05, 0) is 36.8 Å². The molecule has 0 atom stereocenters. The number of rotatable bonds is 4. The van der Waals surface area contributed by atoms with Crippen LogP contribution in [0, 0.1) is 6.92 Å². The molecule has 1 heterocycles. The summed E-state index contributed by atoms with van der Waals surface area (Å²) in [5, 5.41) is 6.26. The van der Waals surface area contributed by atoms with Gasteiger partial charge in [0.1, 0.15) is 0 Å². The first-order chi connectivity index (χ1) is 11.6. The predicted molar refractivity (Wildman–Crippen MR) is 94.9 cm³/mol. The Morgan fingerprint density at radius 3 is 2.67 bits per heavy atom. The van der Waals surface area contributed by atoms with Crippen molar-refractivity contribution in [1.82, 2.24) is 9.78 Å². The number of H-pyrrole nitrogens is 1. The molecule has 6 heteroatoms. The van der Waals surface area contributed by atoms with Gasteiger partial charge in [-0.3, -0.25) is 14.7 Å². The maximum atomic E-state index is 12.4. The van der Waals surface area contributed by atoms with Crippen LogP contribution in [0.1, 0.15) is 11.1 Å². The molecule has 2 N–H and O–H groups in total. The van der Waals surface area contributed by atoms with Crippen molar-refractivity contribution in [2.24, 2.45) is 0 Å². The first-order valence-corrected chi connectivity index (χ1v) is 7.84. The molecule has 0 spiro atoms. The molecule has 0 aliphatic heterocycles. The van der Waals surface area contributed by atoms with Crippen molar-refractivity contribution < 1.29 is 4.79 Å². The number of benzene rings is 2. The molecular weight excluding hydrogens is 326 g/mol. The summed E-state index contributed by atoms with van der Waals surface area (Å²) in [6, 6.07) is 14.5. The largest absolute Gasteiger partial charge is 0.326 e. The lowest BCUT2D eigenvalue weighted by atomic mass is 10.2. The zero-order valence-electron chi connectivity index (χ0n) is 13.0. The molecule has 3 aromatic rings. The fraction of sp³-hybridized carbons (Fsp3) is 0.111. The average Bonchev–Trinajstić information content (AvgIpc) is 2.93. The highest BCUT2D eigenvalue weighted by Gasteiger charge is 2.13. The maximum Gasteiger partial charge on any atom is 0.274 e. The Bertz CT molecular complexity index is 929. The van der Waals surface area contributed by atoms with Gasteiger partial charge in [-0.1, -0.05) is 35.9 Å². The summed E-state index contributed by atoms with van der Waals surface area (Å²) in [5.41, 5.74) is 2.32. The molecule has 1 amide bonds. The number of amides is 1. The zero-order valence-corrected chi connectivity index (χ0v) is 13.8. The second kappa shape index (κ2) is 6.76. The number of anilines is 1. The van der Waals surface area contributed by atoms with Gasteiger partial charge in [-0.25, -0.2) is 4.68 Å². The number of aromatic nitrogens is 2. The molecule has 0 fully saturated rings. The lowest BCUT2D eigenvalue weighted by Crippen LogP contribution is -2.22. The van der Waals surface area contributed by atoms with Gasteiger partial charge < -0.3 is 5.32 Å². The SMILES string of the molecule is Cc1c(Cl)cccc1NC(=O)Cc1c[nH]n(-c2ccccc2)c1=O. The molecule has 0 radical (unpaired) electrons. The van der Waals surface area contributed by atoms with Crippen molar-refractivity contribution in [2.45, 2.75) is 13.3 Å². The van der Waals surface area contributed by atoms with Gasteiger partial charge in [-0.15, -0.1) is 0 Å². The van der Waals surface area contributed by atoms with E-state index in [1.54, 1.807) is 24.4 Å². The minimum Gasteiger partial charge on any atom is -0.326 e. The molecule has 0 saturated carbocycles. The van der Waals surface area contributed by atoms with Gasteiger partial charge in [0.15, 0.2) is 0 Å². The third-order valence-electron chi connectivity index (χ3n) is 3.75. The standard InChI is InChI=1S/C18H16ClN3O2/c1-12-15(19)8-5-9-16(12)21-17(23)10-13-11-20-22(18(13)24)14-6-3-2-4-7-14/h2-9,11,20H,10H2,1H3,(H,21,23). The van der Waals surface area contributed by atoms with Crippen molar-refractivity contribution in [3.63, 3.8) is 0 Å². The molecule has 0 aliphatic carbocycles. The molecule has 1 aromatic heterocycles. The second-order valence-corrected chi connectivity index (χ2v) is 5.82. The Kier molecular flexibility index (Phi) is 4.53. The summed E-state index contributed by atoms with van der Waals surface area (Å²) in [4.78, 5) is 24.6. The third-order valence-corrected chi connectivity index (χ3v) is 4.16. The smallest absolute Gasteiger partial charge is 0.274 e. The highest BCUT2D eigenvalue weighted by Crippen LogP contribution is 2.22. The number of carbonyl (C=O) groups excluding carboxylic acids is 1. The number of halogens is 1. The predicted octanol–water partition coefficient (Wildman–Crippen LogP) is 3.31. The summed E-state index contributed by atoms with van der Waals surface area (Å²) in [6.07, 6.45) is 1.54. The zero-order chi connectivity index (χ0) is 17.1. The summed E-state index contributed by atoms with van der Waals surface area (Å²) >= 11 is 6.04. The summed E-state index contributed by atoms with van der Waals surface area (Å²) in [5.74, 6) is -0.267. The van der Waals surface area contributed by atoms with Gasteiger partial charge in [-0.2, -0.15) is 0 Å². The number of aromatic amines is 1. The van der Waals surface area contributed by atoms with Crippen LogP contribution in [0.4, 0.5) is 5.69 Å². The van der Waals surface area contributed by atoms with Crippen LogP contribution in [0.5, 0.6) is 0 Å². The number of para-hydroxylation sites is 1. The first kappa shape index (κ1) is 16.1. The van der Waals surface area contributed by atoms with Crippen LogP contribution in [0.15, 0.2) is 59.5 Å². The monoisotopic (exact) mass is 341 g/mol. The quantitative estimate of drug-likeness (QED) is 0.764. The molecule has 5 nitrogen and oxygen atoms in total. The molecule has 0 aliphatic rings. The van der Waals surface area contributed by atoms with Gasteiger partial charge >= 0.3 is 0 Å². The number of hydrogen-bond acceptors (Lipinski definition) is 2. The van der Waals surface area contributed by atoms with E-state index < -0.39 is 0 Å². The minimum absolute atomic E-state index is 0.0128. The highest BCUT2D eigenvalue weighted by molar-refractivity contribution is 6.31. The van der Waals surface area contributed by atoms with Gasteiger partial charge in [0.2, 0.25) is 5.91 Å². The third kappa shape index (κ3) is 3.26. The first-order valence-electron chi connectivity index (χ1n) is 7.46. The van der Waals surface area contributed by atoms with E-state index in [1.165, 1.54) is 4.68 Å². The Morgan fingerprint density at radius 1 is 1.17 bits per heavy atom. The fourth-order valence-electron chi connectivity index (χ4n) is 2.41. The number of nitrogens with one attached hydrogen (secondary N) is 2. The molecule has 0 saturated heterocycles. The summed E-state index contributed by atoms with van der Waals surface area (Å²) in [7, 11) is 0. The molecule has 3 rings (SSSR count). The van der Waals surface area contributed by atoms with Crippen LogP contribution in [0.3, 0.4) is 0 Å². The van der Waals surface area contributed by atoms with E-state index >= 15 is 0 Å². The molecule has 2 aromatic carbocycles. The Balaban J connectivity index is 1.77. The van der Waals surface area contributed by atoms with Crippen molar-refractivity contribution in [3.05, 3.63) is 81.2 Å². The average molecular weight is 342 g/mol. The van der Waals surface area contributed by atoms with Crippen molar-refractivity contribution in [1.29, 1.82) is 0 Å². The highest BCUT2D eigenvalue weighted by atomic mass is 35.5. The number of nitrogens with zero attached hydrogens (tertiary/aromatic N) is 1. The van der Waals surface area contributed by atoms with Crippen LogP contribution >= 0.6 is 11.6 Å². The van der Waals surface area contributed by atoms with E-state index in [2.05, 4.69) is 10.4 Å². The van der Waals surface area contributed by atoms with Gasteiger partial charge in [0.05, 0.1) is 12.1 Å². The van der Waals surface area contributed by atoms with E-state index in [0.717, 1.165) is 11.3 Å². The lowest BCUT2D eigenvalue weighted by Gasteiger charge is -2.08. The molecule has 24 heavy (non-hydrogen) atoms. The van der Waals surface area contributed by atoms with E-state index in [0.29, 0.717) is 16.3 Å². The van der Waals surface area contributed by atoms with Crippen molar-refractivity contribution in [3.8, 4) is 5.69 Å². The van der Waals surface area contributed by atoms with Crippen LogP contribution in [-0.2, 0) is 11.2 Å². The fourth-order valence-corrected chi connectivity index (χ4v) is 2.59. The van der Waals surface area contributed by atoms with E-state index in [4.69, 9.17) is 11.6 Å². The van der Waals surface area contributed by atoms with E-state index in [9.17, 15) is 9.59 Å². The number of carbonyl (C=O) groups is 1. The Hall–Kier alpha value is -2.79. The van der Waals surface area contributed by atoms with Gasteiger partial charge in [0.25, 0.3) is 5.56 Å². The minimum atomic E-state index is -0.267. The van der Waals surface area contributed by atoms with Gasteiger partial charge in [0, 0.05) is 22.5 Å². The van der Waals surface area contributed by atoms with Crippen LogP contribution < -0.4 is 10.9 Å². The van der Waals surface area contributed by atoms with Crippen LogP contribution in [0.2, 0.25) is 5.02 Å². The van der Waals surface area contributed by atoms with Crippen LogP contribution in [-0.4, -0.2) is 15.7 Å². The Morgan fingerprint density at radius 2 is 1.92 bits per heavy atom. The summed E-state index contributed by atoms with van der Waals surface area (Å²) < 4.78 is 1.41. The normalized spacial score (nSPS) is 10.6. The van der Waals surface area contributed by atoms with E-state index in [1.807, 2.05) is 37.3 Å². The number of hydrogen-bond donors (Lipinski definition) is 2. The summed E-state index contributed by atoms with van der Waals surface area (Å²) in [6.45, 7) is 1.83. The molecule has 0 bridgehead atoms.